The predicted octanol–water partition coefficient (Wildman–Crippen LogP) is 0.914. The Morgan fingerprint density at radius 1 is 1.50 bits per heavy atom. The van der Waals surface area contributed by atoms with Gasteiger partial charge in [-0.3, -0.25) is 9.63 Å². The van der Waals surface area contributed by atoms with Gasteiger partial charge in [0.05, 0.1) is 12.6 Å². The first-order valence-corrected chi connectivity index (χ1v) is 5.31. The maximum Gasteiger partial charge on any atom is 0.263 e. The Balaban J connectivity index is 2.38. The van der Waals surface area contributed by atoms with Crippen molar-refractivity contribution in [2.24, 2.45) is 11.7 Å². The van der Waals surface area contributed by atoms with Crippen molar-refractivity contribution in [2.45, 2.75) is 39.2 Å². The molecule has 14 heavy (non-hydrogen) atoms. The quantitative estimate of drug-likeness (QED) is 0.737. The van der Waals surface area contributed by atoms with Crippen molar-refractivity contribution in [1.29, 1.82) is 0 Å². The summed E-state index contributed by atoms with van der Waals surface area (Å²) in [7, 11) is 0. The summed E-state index contributed by atoms with van der Waals surface area (Å²) in [6.07, 6.45) is 2.77. The van der Waals surface area contributed by atoms with Crippen molar-refractivity contribution in [1.82, 2.24) is 5.06 Å². The topological polar surface area (TPSA) is 55.6 Å². The minimum Gasteiger partial charge on any atom is -0.320 e. The molecule has 4 heteroatoms. The molecule has 1 aliphatic heterocycles. The summed E-state index contributed by atoms with van der Waals surface area (Å²) in [5.74, 6) is 0.372. The average Bonchev–Trinajstić information content (AvgIpc) is 2.17. The monoisotopic (exact) mass is 200 g/mol. The second-order valence-electron chi connectivity index (χ2n) is 4.22. The zero-order valence-electron chi connectivity index (χ0n) is 9.03. The Kier molecular flexibility index (Phi) is 4.35. The van der Waals surface area contributed by atoms with E-state index in [0.717, 1.165) is 19.3 Å². The summed E-state index contributed by atoms with van der Waals surface area (Å²) in [4.78, 5) is 17.0. The molecule has 0 aromatic carbocycles. The number of rotatable bonds is 3. The lowest BCUT2D eigenvalue weighted by atomic mass is 10.0. The number of amides is 1. The highest BCUT2D eigenvalue weighted by Crippen LogP contribution is 2.10. The molecule has 82 valence electrons. The lowest BCUT2D eigenvalue weighted by Gasteiger charge is -2.28. The molecule has 1 saturated heterocycles. The van der Waals surface area contributed by atoms with Crippen LogP contribution in [0.1, 0.15) is 33.1 Å². The first-order valence-electron chi connectivity index (χ1n) is 5.31. The van der Waals surface area contributed by atoms with Crippen molar-refractivity contribution in [3.63, 3.8) is 0 Å². The van der Waals surface area contributed by atoms with Crippen LogP contribution in [0.3, 0.4) is 0 Å². The van der Waals surface area contributed by atoms with Crippen LogP contribution in [0.25, 0.3) is 0 Å². The van der Waals surface area contributed by atoms with E-state index in [2.05, 4.69) is 13.8 Å². The van der Waals surface area contributed by atoms with E-state index in [9.17, 15) is 4.79 Å². The van der Waals surface area contributed by atoms with Crippen LogP contribution in [0.4, 0.5) is 0 Å². The number of hydrogen-bond acceptors (Lipinski definition) is 3. The van der Waals surface area contributed by atoms with Gasteiger partial charge in [0.1, 0.15) is 0 Å². The van der Waals surface area contributed by atoms with Gasteiger partial charge in [0.2, 0.25) is 0 Å². The zero-order chi connectivity index (χ0) is 10.6. The third-order valence-electron chi connectivity index (χ3n) is 2.29. The molecule has 0 unspecified atom stereocenters. The molecule has 1 amide bonds. The molecule has 0 aliphatic carbocycles. The molecule has 1 fully saturated rings. The zero-order valence-corrected chi connectivity index (χ0v) is 9.03. The smallest absolute Gasteiger partial charge is 0.263 e. The molecule has 4 nitrogen and oxygen atoms in total. The van der Waals surface area contributed by atoms with E-state index in [0.29, 0.717) is 19.1 Å². The molecule has 1 atom stereocenters. The van der Waals surface area contributed by atoms with Crippen LogP contribution in [0, 0.1) is 5.92 Å². The van der Waals surface area contributed by atoms with Crippen LogP contribution >= 0.6 is 0 Å². The van der Waals surface area contributed by atoms with E-state index in [1.165, 1.54) is 5.06 Å². The fourth-order valence-electron chi connectivity index (χ4n) is 1.56. The number of hydrogen-bond donors (Lipinski definition) is 1. The van der Waals surface area contributed by atoms with Crippen molar-refractivity contribution in [2.75, 3.05) is 13.2 Å². The minimum absolute atomic E-state index is 0.0709. The van der Waals surface area contributed by atoms with Crippen molar-refractivity contribution < 1.29 is 9.63 Å². The van der Waals surface area contributed by atoms with Crippen LogP contribution in [-0.4, -0.2) is 30.2 Å². The summed E-state index contributed by atoms with van der Waals surface area (Å²) >= 11 is 0. The molecule has 2 N–H and O–H groups in total. The van der Waals surface area contributed by atoms with Crippen molar-refractivity contribution >= 4 is 5.91 Å². The molecule has 0 radical (unpaired) electrons. The first kappa shape index (κ1) is 11.5. The summed E-state index contributed by atoms with van der Waals surface area (Å²) in [5.41, 5.74) is 5.78. The van der Waals surface area contributed by atoms with Gasteiger partial charge >= 0.3 is 0 Å². The van der Waals surface area contributed by atoms with Gasteiger partial charge in [-0.1, -0.05) is 13.8 Å². The standard InChI is InChI=1S/C10H20N2O2/c1-8(2)7-9(11)10(13)12-5-3-4-6-14-12/h8-9H,3-7,11H2,1-2H3/t9-/m0/s1. The molecule has 1 rings (SSSR count). The lowest BCUT2D eigenvalue weighted by molar-refractivity contribution is -0.198. The molecular formula is C10H20N2O2. The van der Waals surface area contributed by atoms with E-state index in [4.69, 9.17) is 10.6 Å². The van der Waals surface area contributed by atoms with Crippen LogP contribution < -0.4 is 5.73 Å². The average molecular weight is 200 g/mol. The van der Waals surface area contributed by atoms with Gasteiger partial charge in [-0.25, -0.2) is 5.06 Å². The Labute approximate surface area is 85.3 Å². The number of nitrogens with two attached hydrogens (primary N) is 1. The lowest BCUT2D eigenvalue weighted by Crippen LogP contribution is -2.46. The second kappa shape index (κ2) is 5.32. The molecule has 0 saturated carbocycles. The molecule has 1 aliphatic rings. The summed E-state index contributed by atoms with van der Waals surface area (Å²) < 4.78 is 0. The van der Waals surface area contributed by atoms with Gasteiger partial charge in [-0.2, -0.15) is 0 Å². The molecule has 1 heterocycles. The largest absolute Gasteiger partial charge is 0.320 e. The second-order valence-corrected chi connectivity index (χ2v) is 4.22. The highest BCUT2D eigenvalue weighted by molar-refractivity contribution is 5.80. The molecule has 0 aromatic heterocycles. The van der Waals surface area contributed by atoms with E-state index in [1.54, 1.807) is 0 Å². The van der Waals surface area contributed by atoms with Gasteiger partial charge in [0.25, 0.3) is 5.91 Å². The molecule has 0 bridgehead atoms. The van der Waals surface area contributed by atoms with E-state index < -0.39 is 6.04 Å². The van der Waals surface area contributed by atoms with Crippen molar-refractivity contribution in [3.8, 4) is 0 Å². The minimum atomic E-state index is -0.409. The number of nitrogens with zero attached hydrogens (tertiary/aromatic N) is 1. The fourth-order valence-corrected chi connectivity index (χ4v) is 1.56. The molecule has 0 aromatic rings. The van der Waals surface area contributed by atoms with Gasteiger partial charge in [-0.05, 0) is 25.2 Å². The van der Waals surface area contributed by atoms with E-state index in [1.807, 2.05) is 0 Å². The third-order valence-corrected chi connectivity index (χ3v) is 2.29. The number of carbonyl (C=O) groups excluding carboxylic acids is 1. The Bertz CT molecular complexity index is 189. The van der Waals surface area contributed by atoms with Gasteiger partial charge < -0.3 is 5.73 Å². The Morgan fingerprint density at radius 2 is 2.21 bits per heavy atom. The molecule has 0 spiro atoms. The normalized spacial score (nSPS) is 19.9. The maximum absolute atomic E-state index is 11.7. The maximum atomic E-state index is 11.7. The van der Waals surface area contributed by atoms with Crippen LogP contribution in [0.2, 0.25) is 0 Å². The number of carbonyl (C=O) groups is 1. The third kappa shape index (κ3) is 3.27. The fraction of sp³-hybridized carbons (Fsp3) is 0.900. The summed E-state index contributed by atoms with van der Waals surface area (Å²) in [6.45, 7) is 5.44. The Morgan fingerprint density at radius 3 is 2.71 bits per heavy atom. The highest BCUT2D eigenvalue weighted by atomic mass is 16.7. The van der Waals surface area contributed by atoms with E-state index in [-0.39, 0.29) is 5.91 Å². The SMILES string of the molecule is CC(C)C[C@H](N)C(=O)N1CCCCO1. The molecular weight excluding hydrogens is 180 g/mol. The number of hydroxylamine groups is 2. The summed E-state index contributed by atoms with van der Waals surface area (Å²) in [6, 6.07) is -0.409. The van der Waals surface area contributed by atoms with Crippen LogP contribution in [0.5, 0.6) is 0 Å². The highest BCUT2D eigenvalue weighted by Gasteiger charge is 2.24. The van der Waals surface area contributed by atoms with Gasteiger partial charge in [0, 0.05) is 6.54 Å². The van der Waals surface area contributed by atoms with Gasteiger partial charge in [0.15, 0.2) is 0 Å². The Hall–Kier alpha value is -0.610. The van der Waals surface area contributed by atoms with Crippen molar-refractivity contribution in [3.05, 3.63) is 0 Å². The predicted molar refractivity (Wildman–Crippen MR) is 54.3 cm³/mol. The summed E-state index contributed by atoms with van der Waals surface area (Å²) in [5, 5.41) is 1.43. The van der Waals surface area contributed by atoms with Crippen LogP contribution in [0.15, 0.2) is 0 Å². The first-order chi connectivity index (χ1) is 6.61. The van der Waals surface area contributed by atoms with E-state index >= 15 is 0 Å². The van der Waals surface area contributed by atoms with Gasteiger partial charge in [-0.15, -0.1) is 0 Å². The van der Waals surface area contributed by atoms with Crippen LogP contribution in [-0.2, 0) is 9.63 Å².